The molecule has 18 nitrogen and oxygen atoms in total. The van der Waals surface area contributed by atoms with Crippen molar-refractivity contribution in [2.75, 3.05) is 18.1 Å². The van der Waals surface area contributed by atoms with E-state index in [0.29, 0.717) is 96.5 Å². The average molecular weight is 1680 g/mol. The van der Waals surface area contributed by atoms with Gasteiger partial charge in [-0.3, -0.25) is 48.1 Å². The monoisotopic (exact) mass is 1670 g/mol. The number of thiazole rings is 1. The van der Waals surface area contributed by atoms with Gasteiger partial charge in [0, 0.05) is 68.2 Å². The standard InChI is InChI=1S/C45H43NO8.C24H22N2O2S.C21H20O2.C15H14O3/c47-25-26-53-34-19-17-32(18-20-34)41-45(35-27-29(15-16-33(35)28-36(45)48)21-24-44(52)22-9-1-2-10-23-44)37(42(49)50)39-43(51)54-40(31-13-7-4-8-14-31)38(46(39)41)30-11-5-3-6-12-30;1-14-25-21(27)20(29-14)18-16-11-8-12-17-19(16)26(22(18)28)23(2,3)13-24(17,4)15-9-6-5-7-10-15;1-13-15-7-5-6-8-16(15)17-10-9-14(11-18(17)20(13)23)12-19(22)21(2,3)4;1-15(2)8-7-11-13(17)12(16)9-5-3-4-6-10(9)14(11)18-15/h3-8,11-20,27,37-41,47,52H,1-2,9-10,22-23,25-26,28H2,(H,49,50);5-12H,1,13H2,2-4H3,(H,25,27);5-11H,1,12H2,2-4H3;3-6H,7-8H2,1-2H3/b;20-18+;;/t37-,38-,39-,40+,41+,45-;;;/m0.../s1. The van der Waals surface area contributed by atoms with Gasteiger partial charge in [0.05, 0.1) is 40.0 Å². The Morgan fingerprint density at radius 1 is 0.629 bits per heavy atom. The van der Waals surface area contributed by atoms with E-state index >= 15 is 4.79 Å². The molecule has 2 saturated heterocycles. The first-order chi connectivity index (χ1) is 59.3. The number of rotatable bonds is 10. The number of carboxylic acids is 1. The lowest BCUT2D eigenvalue weighted by Crippen LogP contribution is -2.54. The Hall–Kier alpha value is -12.6. The van der Waals surface area contributed by atoms with E-state index in [1.807, 2.05) is 208 Å². The highest BCUT2D eigenvalue weighted by Crippen LogP contribution is 2.65. The first-order valence-electron chi connectivity index (χ1n) is 42.4. The Kier molecular flexibility index (Phi) is 22.8. The second kappa shape index (κ2) is 33.2. The van der Waals surface area contributed by atoms with Crippen molar-refractivity contribution >= 4 is 87.3 Å². The number of aromatic nitrogens is 1. The van der Waals surface area contributed by atoms with Crippen LogP contribution in [0.1, 0.15) is 219 Å². The SMILES string of the molecule is C=C1C(=O)c2cc(CC(=O)C(C)(C)C)ccc2-c2ccccc21.C=c1[nH]c(=O)/c(=C2\C(=O)N3c4c2cccc4C(C)(c2ccccc2)CC3(C)C)s1.CC1(C)CCC2=C(O1)c1ccccc1C(=O)C2=O.O=C1O[C@H](c2ccccc2)[C@H](c2ccccc2)N2[C@H]1[C@@H](C(=O)O)[C@]1(C(=O)Cc3ccc(C#CC4(O)CCCCCC4)cc31)[C@H]2c1ccc(OCCO)cc1. The lowest BCUT2D eigenvalue weighted by Gasteiger charge is -2.49. The molecule has 6 heterocycles. The number of amides is 1. The normalized spacial score (nSPS) is 23.1. The largest absolute Gasteiger partial charge is 0.491 e. The van der Waals surface area contributed by atoms with Gasteiger partial charge < -0.3 is 39.4 Å². The van der Waals surface area contributed by atoms with Crippen LogP contribution >= 0.6 is 11.3 Å². The van der Waals surface area contributed by atoms with Crippen LogP contribution in [-0.4, -0.2) is 108 Å². The van der Waals surface area contributed by atoms with Gasteiger partial charge in [-0.15, -0.1) is 11.3 Å². The van der Waals surface area contributed by atoms with E-state index in [-0.39, 0.29) is 64.9 Å². The minimum atomic E-state index is -1.71. The number of hydrogen-bond acceptors (Lipinski definition) is 16. The zero-order chi connectivity index (χ0) is 87.7. The van der Waals surface area contributed by atoms with Crippen LogP contribution in [0.25, 0.3) is 34.6 Å². The Balaban J connectivity index is 0.000000135. The van der Waals surface area contributed by atoms with Crippen LogP contribution in [0.15, 0.2) is 235 Å². The number of fused-ring (bicyclic) bond motifs is 8. The fourth-order valence-corrected chi connectivity index (χ4v) is 20.9. The number of aliphatic hydroxyl groups excluding tert-OH is 1. The van der Waals surface area contributed by atoms with Crippen molar-refractivity contribution in [3.8, 4) is 28.7 Å². The molecule has 1 amide bonds. The molecule has 9 aliphatic rings. The van der Waals surface area contributed by atoms with Gasteiger partial charge in [-0.1, -0.05) is 254 Å². The summed E-state index contributed by atoms with van der Waals surface area (Å²) < 4.78 is 18.9. The number of carboxylic acid groups (broad SMARTS) is 1. The molecule has 7 atom stereocenters. The van der Waals surface area contributed by atoms with E-state index in [1.54, 1.807) is 24.3 Å². The topological polar surface area (TPSA) is 264 Å². The van der Waals surface area contributed by atoms with Crippen molar-refractivity contribution < 1.29 is 67.9 Å². The molecule has 19 rings (SSSR count). The van der Waals surface area contributed by atoms with Gasteiger partial charge in [0.1, 0.15) is 57.7 Å². The second-order valence-electron chi connectivity index (χ2n) is 36.1. The molecule has 3 fully saturated rings. The van der Waals surface area contributed by atoms with E-state index in [1.165, 1.54) is 16.9 Å². The fourth-order valence-electron chi connectivity index (χ4n) is 20.0. The maximum atomic E-state index is 15.0. The molecule has 4 N–H and O–H groups in total. The molecule has 0 bridgehead atoms. The Morgan fingerprint density at radius 2 is 1.25 bits per heavy atom. The summed E-state index contributed by atoms with van der Waals surface area (Å²) in [7, 11) is 0. The molecule has 5 aliphatic heterocycles. The number of aliphatic carboxylic acids is 1. The molecule has 0 radical (unpaired) electrons. The average Bonchev–Trinajstić information content (AvgIpc) is 1.50. The number of para-hydroxylation sites is 1. The molecule has 630 valence electrons. The van der Waals surface area contributed by atoms with Crippen LogP contribution in [0.3, 0.4) is 0 Å². The number of nitrogens with one attached hydrogen (secondary N) is 1. The molecule has 124 heavy (non-hydrogen) atoms. The van der Waals surface area contributed by atoms with Crippen molar-refractivity contribution in [3.63, 3.8) is 0 Å². The maximum absolute atomic E-state index is 15.0. The van der Waals surface area contributed by atoms with Crippen LogP contribution in [0.4, 0.5) is 5.69 Å². The van der Waals surface area contributed by atoms with Gasteiger partial charge in [-0.05, 0) is 164 Å². The molecular weight excluding hydrogens is 1580 g/mol. The van der Waals surface area contributed by atoms with Crippen LogP contribution in [0.5, 0.6) is 5.75 Å². The molecule has 19 heteroatoms. The number of H-pyrrole nitrogens is 1. The van der Waals surface area contributed by atoms with Crippen LogP contribution in [0, 0.1) is 23.2 Å². The Morgan fingerprint density at radius 3 is 1.90 bits per heavy atom. The number of anilines is 1. The Bertz CT molecular complexity index is 6310. The maximum Gasteiger partial charge on any atom is 0.325 e. The van der Waals surface area contributed by atoms with Crippen molar-refractivity contribution in [1.82, 2.24) is 9.88 Å². The number of carbonyl (C=O) groups is 8. The fraction of sp³-hybridized carbons (Fsp3) is 0.305. The third-order valence-electron chi connectivity index (χ3n) is 25.9. The molecule has 1 aromatic heterocycles. The summed E-state index contributed by atoms with van der Waals surface area (Å²) in [5.74, 6) is 2.84. The minimum absolute atomic E-state index is 0.0152. The van der Waals surface area contributed by atoms with Crippen molar-refractivity contribution in [1.29, 1.82) is 0 Å². The number of benzene rings is 9. The number of aromatic amines is 1. The van der Waals surface area contributed by atoms with Gasteiger partial charge in [0.15, 0.2) is 11.6 Å². The minimum Gasteiger partial charge on any atom is -0.491 e. The van der Waals surface area contributed by atoms with E-state index in [4.69, 9.17) is 14.2 Å². The Labute approximate surface area is 724 Å². The number of aliphatic hydroxyl groups is 2. The quantitative estimate of drug-likeness (QED) is 0.0326. The van der Waals surface area contributed by atoms with Crippen LogP contribution in [-0.2, 0) is 61.9 Å². The molecule has 1 unspecified atom stereocenters. The van der Waals surface area contributed by atoms with E-state index < -0.39 is 70.2 Å². The first kappa shape index (κ1) is 85.0. The lowest BCUT2D eigenvalue weighted by atomic mass is 9.65. The predicted molar refractivity (Wildman–Crippen MR) is 478 cm³/mol. The summed E-state index contributed by atoms with van der Waals surface area (Å²) >= 11 is 1.25. The third-order valence-corrected chi connectivity index (χ3v) is 26.8. The van der Waals surface area contributed by atoms with Crippen molar-refractivity contribution in [3.05, 3.63) is 328 Å². The number of cyclic esters (lactones) is 1. The highest BCUT2D eigenvalue weighted by Gasteiger charge is 2.74. The second-order valence-corrected chi connectivity index (χ2v) is 37.2. The van der Waals surface area contributed by atoms with Gasteiger partial charge in [-0.2, -0.15) is 0 Å². The summed E-state index contributed by atoms with van der Waals surface area (Å²) in [6, 6.07) is 65.9. The number of Topliss-reactive ketones (excluding diaryl/α,β-unsaturated/α-hetero) is 5. The number of ether oxygens (including phenoxy) is 3. The number of morpholine rings is 1. The molecule has 1 saturated carbocycles. The smallest absolute Gasteiger partial charge is 0.325 e. The van der Waals surface area contributed by atoms with Crippen molar-refractivity contribution in [2.45, 2.75) is 178 Å². The summed E-state index contributed by atoms with van der Waals surface area (Å²) in [6.07, 6.45) is 6.71. The molecular formula is C105H99N3O15S. The molecule has 9 aromatic carbocycles. The number of ketones is 5. The van der Waals surface area contributed by atoms with E-state index in [0.717, 1.165) is 94.3 Å². The highest BCUT2D eigenvalue weighted by atomic mass is 32.1. The lowest BCUT2D eigenvalue weighted by molar-refractivity contribution is -0.179. The summed E-state index contributed by atoms with van der Waals surface area (Å²) in [5, 5.41) is 32.0. The molecule has 1 spiro atoms. The van der Waals surface area contributed by atoms with Gasteiger partial charge >= 0.3 is 11.9 Å². The van der Waals surface area contributed by atoms with Gasteiger partial charge in [-0.25, -0.2) is 0 Å². The third kappa shape index (κ3) is 15.4. The van der Waals surface area contributed by atoms with Crippen molar-refractivity contribution in [2.24, 2.45) is 11.3 Å². The molecule has 10 aromatic rings. The zero-order valence-corrected chi connectivity index (χ0v) is 71.6. The highest BCUT2D eigenvalue weighted by molar-refractivity contribution is 7.07. The van der Waals surface area contributed by atoms with Crippen LogP contribution in [0.2, 0.25) is 0 Å². The number of hydrogen-bond donors (Lipinski definition) is 4. The zero-order valence-electron chi connectivity index (χ0n) is 70.8. The molecule has 4 aliphatic carbocycles. The van der Waals surface area contributed by atoms with Gasteiger partial charge in [0.2, 0.25) is 11.6 Å². The first-order valence-corrected chi connectivity index (χ1v) is 43.2. The number of carbonyl (C=O) groups excluding carboxylic acids is 7. The summed E-state index contributed by atoms with van der Waals surface area (Å²) in [5.41, 5.74) is 10.8. The summed E-state index contributed by atoms with van der Waals surface area (Å²) in [6.45, 7) is 23.9. The van der Waals surface area contributed by atoms with Crippen LogP contribution < -0.4 is 24.4 Å². The number of allylic oxidation sites excluding steroid dienone is 2. The number of nitrogens with zero attached hydrogens (tertiary/aromatic N) is 2. The predicted octanol–water partition coefficient (Wildman–Crippen LogP) is 16.4. The van der Waals surface area contributed by atoms with Gasteiger partial charge in [0.25, 0.3) is 11.5 Å². The summed E-state index contributed by atoms with van der Waals surface area (Å²) in [4.78, 5) is 125. The van der Waals surface area contributed by atoms with E-state index in [2.05, 4.69) is 81.1 Å². The van der Waals surface area contributed by atoms with E-state index in [9.17, 15) is 53.7 Å². The number of esters is 1.